The number of likely N-dealkylation sites (tertiary alicyclic amines) is 1. The predicted molar refractivity (Wildman–Crippen MR) is 92.5 cm³/mol. The van der Waals surface area contributed by atoms with Crippen molar-refractivity contribution in [3.8, 4) is 11.5 Å². The van der Waals surface area contributed by atoms with Gasteiger partial charge < -0.3 is 14.4 Å². The Morgan fingerprint density at radius 1 is 1.22 bits per heavy atom. The number of unbranched alkanes of at least 4 members (excludes halogenated alkanes) is 1. The Morgan fingerprint density at radius 2 is 1.96 bits per heavy atom. The lowest BCUT2D eigenvalue weighted by molar-refractivity contribution is 0.111. The normalized spacial score (nSPS) is 21.9. The summed E-state index contributed by atoms with van der Waals surface area (Å²) >= 11 is 0. The summed E-state index contributed by atoms with van der Waals surface area (Å²) in [6.07, 6.45) is 4.26. The molecule has 1 fully saturated rings. The maximum Gasteiger partial charge on any atom is 0.171 e. The van der Waals surface area contributed by atoms with E-state index in [4.69, 9.17) is 9.47 Å². The monoisotopic (exact) mass is 319 g/mol. The van der Waals surface area contributed by atoms with Crippen LogP contribution in [-0.4, -0.2) is 44.5 Å². The molecule has 23 heavy (non-hydrogen) atoms. The first-order valence-electron chi connectivity index (χ1n) is 8.61. The molecule has 1 aromatic rings. The van der Waals surface area contributed by atoms with Crippen molar-refractivity contribution in [2.24, 2.45) is 11.8 Å². The summed E-state index contributed by atoms with van der Waals surface area (Å²) in [4.78, 5) is 13.7. The summed E-state index contributed by atoms with van der Waals surface area (Å²) in [7, 11) is 1.59. The van der Waals surface area contributed by atoms with Crippen LogP contribution in [0.3, 0.4) is 0 Å². The molecule has 1 aliphatic rings. The summed E-state index contributed by atoms with van der Waals surface area (Å²) in [6, 6.07) is 5.37. The van der Waals surface area contributed by atoms with Gasteiger partial charge in [-0.2, -0.15) is 0 Å². The molecule has 1 aromatic carbocycles. The second-order valence-electron chi connectivity index (χ2n) is 6.76. The molecule has 0 amide bonds. The minimum atomic E-state index is 0.544. The van der Waals surface area contributed by atoms with Gasteiger partial charge in [-0.3, -0.25) is 4.79 Å². The van der Waals surface area contributed by atoms with Crippen LogP contribution < -0.4 is 9.47 Å². The minimum Gasteiger partial charge on any atom is -0.493 e. The first-order valence-corrected chi connectivity index (χ1v) is 8.61. The van der Waals surface area contributed by atoms with Crippen molar-refractivity contribution in [2.45, 2.75) is 33.1 Å². The minimum absolute atomic E-state index is 0.544. The highest BCUT2D eigenvalue weighted by atomic mass is 16.5. The third-order valence-corrected chi connectivity index (χ3v) is 4.42. The third-order valence-electron chi connectivity index (χ3n) is 4.42. The van der Waals surface area contributed by atoms with E-state index in [2.05, 4.69) is 18.7 Å². The SMILES string of the molecule is COc1cccc(C=O)c1OCCCCN1CC(C)CC(C)C1. The highest BCUT2D eigenvalue weighted by Gasteiger charge is 2.21. The zero-order valence-corrected chi connectivity index (χ0v) is 14.6. The van der Waals surface area contributed by atoms with Gasteiger partial charge in [-0.1, -0.05) is 19.9 Å². The van der Waals surface area contributed by atoms with E-state index >= 15 is 0 Å². The van der Waals surface area contributed by atoms with Crippen LogP contribution in [0.25, 0.3) is 0 Å². The lowest BCUT2D eigenvalue weighted by Gasteiger charge is -2.34. The quantitative estimate of drug-likeness (QED) is 0.541. The van der Waals surface area contributed by atoms with Gasteiger partial charge in [0.2, 0.25) is 0 Å². The van der Waals surface area contributed by atoms with Crippen molar-refractivity contribution < 1.29 is 14.3 Å². The first-order chi connectivity index (χ1) is 11.1. The third kappa shape index (κ3) is 5.24. The average Bonchev–Trinajstić information content (AvgIpc) is 2.53. The number of ether oxygens (including phenoxy) is 2. The largest absolute Gasteiger partial charge is 0.493 e. The molecule has 1 saturated heterocycles. The molecule has 0 radical (unpaired) electrons. The van der Waals surface area contributed by atoms with Gasteiger partial charge in [-0.15, -0.1) is 0 Å². The van der Waals surface area contributed by atoms with Crippen molar-refractivity contribution in [3.05, 3.63) is 23.8 Å². The van der Waals surface area contributed by atoms with Crippen molar-refractivity contribution in [1.82, 2.24) is 4.90 Å². The Bertz CT molecular complexity index is 493. The molecule has 2 unspecified atom stereocenters. The highest BCUT2D eigenvalue weighted by molar-refractivity contribution is 5.81. The summed E-state index contributed by atoms with van der Waals surface area (Å²) in [5.74, 6) is 2.79. The van der Waals surface area contributed by atoms with Crippen LogP contribution in [0.2, 0.25) is 0 Å². The number of aldehydes is 1. The number of carbonyl (C=O) groups excluding carboxylic acids is 1. The van der Waals surface area contributed by atoms with Crippen molar-refractivity contribution in [3.63, 3.8) is 0 Å². The maximum atomic E-state index is 11.1. The zero-order chi connectivity index (χ0) is 16.7. The number of nitrogens with zero attached hydrogens (tertiary/aromatic N) is 1. The van der Waals surface area contributed by atoms with Crippen LogP contribution in [-0.2, 0) is 0 Å². The molecule has 1 heterocycles. The van der Waals surface area contributed by atoms with E-state index in [9.17, 15) is 4.79 Å². The smallest absolute Gasteiger partial charge is 0.171 e. The lowest BCUT2D eigenvalue weighted by Crippen LogP contribution is -2.39. The molecule has 2 atom stereocenters. The molecule has 0 bridgehead atoms. The number of methoxy groups -OCH3 is 1. The van der Waals surface area contributed by atoms with Gasteiger partial charge in [-0.05, 0) is 49.8 Å². The highest BCUT2D eigenvalue weighted by Crippen LogP contribution is 2.30. The van der Waals surface area contributed by atoms with Gasteiger partial charge in [0.1, 0.15) is 0 Å². The van der Waals surface area contributed by atoms with Crippen molar-refractivity contribution in [2.75, 3.05) is 33.4 Å². The van der Waals surface area contributed by atoms with Gasteiger partial charge >= 0.3 is 0 Å². The number of hydrogen-bond donors (Lipinski definition) is 0. The van der Waals surface area contributed by atoms with E-state index in [0.717, 1.165) is 37.5 Å². The van der Waals surface area contributed by atoms with Crippen LogP contribution in [0.4, 0.5) is 0 Å². The fraction of sp³-hybridized carbons (Fsp3) is 0.632. The summed E-state index contributed by atoms with van der Waals surface area (Å²) in [5.41, 5.74) is 0.544. The molecule has 0 aromatic heterocycles. The number of carbonyl (C=O) groups is 1. The lowest BCUT2D eigenvalue weighted by atomic mass is 9.92. The number of piperidine rings is 1. The average molecular weight is 319 g/mol. The Balaban J connectivity index is 1.74. The molecule has 0 aliphatic carbocycles. The molecule has 4 heteroatoms. The second-order valence-corrected chi connectivity index (χ2v) is 6.76. The fourth-order valence-corrected chi connectivity index (χ4v) is 3.53. The summed E-state index contributed by atoms with van der Waals surface area (Å²) in [6.45, 7) is 8.85. The molecule has 0 spiro atoms. The molecule has 2 rings (SSSR count). The number of rotatable bonds is 8. The van der Waals surface area contributed by atoms with E-state index in [1.807, 2.05) is 6.07 Å². The maximum absolute atomic E-state index is 11.1. The molecule has 128 valence electrons. The van der Waals surface area contributed by atoms with Gasteiger partial charge in [0, 0.05) is 13.1 Å². The van der Waals surface area contributed by atoms with Gasteiger partial charge in [0.15, 0.2) is 17.8 Å². The molecular formula is C19H29NO3. The van der Waals surface area contributed by atoms with Crippen LogP contribution >= 0.6 is 0 Å². The van der Waals surface area contributed by atoms with Crippen molar-refractivity contribution >= 4 is 6.29 Å². The molecule has 1 aliphatic heterocycles. The topological polar surface area (TPSA) is 38.8 Å². The van der Waals surface area contributed by atoms with Crippen molar-refractivity contribution in [1.29, 1.82) is 0 Å². The van der Waals surface area contributed by atoms with E-state index in [-0.39, 0.29) is 0 Å². The van der Waals surface area contributed by atoms with E-state index in [1.165, 1.54) is 19.5 Å². The molecule has 4 nitrogen and oxygen atoms in total. The van der Waals surface area contributed by atoms with E-state index in [0.29, 0.717) is 23.7 Å². The fourth-order valence-electron chi connectivity index (χ4n) is 3.53. The van der Waals surface area contributed by atoms with Gasteiger partial charge in [-0.25, -0.2) is 0 Å². The summed E-state index contributed by atoms with van der Waals surface area (Å²) in [5, 5.41) is 0. The Labute approximate surface area is 139 Å². The van der Waals surface area contributed by atoms with Crippen LogP contribution in [0.15, 0.2) is 18.2 Å². The van der Waals surface area contributed by atoms with Gasteiger partial charge in [0.25, 0.3) is 0 Å². The standard InChI is InChI=1S/C19H29NO3/c1-15-11-16(2)13-20(12-15)9-4-5-10-23-19-17(14-21)7-6-8-18(19)22-3/h6-8,14-16H,4-5,9-13H2,1-3H3. The number of para-hydroxylation sites is 1. The predicted octanol–water partition coefficient (Wildman–Crippen LogP) is 3.64. The zero-order valence-electron chi connectivity index (χ0n) is 14.6. The second kappa shape index (κ2) is 8.92. The first kappa shape index (κ1) is 17.8. The molecule has 0 saturated carbocycles. The van der Waals surface area contributed by atoms with Gasteiger partial charge in [0.05, 0.1) is 19.3 Å². The van der Waals surface area contributed by atoms with Crippen LogP contribution in [0.5, 0.6) is 11.5 Å². The Morgan fingerprint density at radius 3 is 2.61 bits per heavy atom. The Kier molecular flexibility index (Phi) is 6.90. The van der Waals surface area contributed by atoms with E-state index < -0.39 is 0 Å². The summed E-state index contributed by atoms with van der Waals surface area (Å²) < 4.78 is 11.1. The van der Waals surface area contributed by atoms with Crippen LogP contribution in [0.1, 0.15) is 43.5 Å². The van der Waals surface area contributed by atoms with Crippen LogP contribution in [0, 0.1) is 11.8 Å². The number of benzene rings is 1. The molecule has 0 N–H and O–H groups in total. The Hall–Kier alpha value is -1.55. The van der Waals surface area contributed by atoms with E-state index in [1.54, 1.807) is 19.2 Å². The molecular weight excluding hydrogens is 290 g/mol. The number of hydrogen-bond acceptors (Lipinski definition) is 4.